The molecule has 1 aromatic carbocycles. The number of halogens is 1. The lowest BCUT2D eigenvalue weighted by Gasteiger charge is -2.12. The number of anilines is 1. The maximum atomic E-state index is 13.3. The van der Waals surface area contributed by atoms with Gasteiger partial charge in [0.05, 0.1) is 5.75 Å². The standard InChI is InChI=1S/C19H15FN6O3S2/c1-25-15-13(17(28)26(2)19(25)29)16(31-9-12(27)22-18-21-7-8-30-18)24-14(23-15)10-3-5-11(20)6-4-10/h3-8H,9H2,1-2H3,(H,21,22,27). The topological polar surface area (TPSA) is 112 Å². The molecule has 0 fully saturated rings. The van der Waals surface area contributed by atoms with E-state index in [-0.39, 0.29) is 33.5 Å². The summed E-state index contributed by atoms with van der Waals surface area (Å²) in [5.74, 6) is -0.574. The van der Waals surface area contributed by atoms with Crippen molar-refractivity contribution >= 4 is 45.2 Å². The van der Waals surface area contributed by atoms with Crippen LogP contribution in [0.2, 0.25) is 0 Å². The van der Waals surface area contributed by atoms with E-state index in [1.54, 1.807) is 11.6 Å². The summed E-state index contributed by atoms with van der Waals surface area (Å²) in [6, 6.07) is 5.53. The molecule has 12 heteroatoms. The highest BCUT2D eigenvalue weighted by molar-refractivity contribution is 8.00. The maximum Gasteiger partial charge on any atom is 0.332 e. The molecule has 0 saturated carbocycles. The van der Waals surface area contributed by atoms with Crippen LogP contribution in [0.1, 0.15) is 0 Å². The molecule has 0 bridgehead atoms. The van der Waals surface area contributed by atoms with E-state index in [0.717, 1.165) is 16.3 Å². The smallest absolute Gasteiger partial charge is 0.301 e. The lowest BCUT2D eigenvalue weighted by molar-refractivity contribution is -0.113. The fourth-order valence-corrected chi connectivity index (χ4v) is 4.19. The van der Waals surface area contributed by atoms with E-state index in [1.165, 1.54) is 54.3 Å². The predicted octanol–water partition coefficient (Wildman–Crippen LogP) is 2.02. The Balaban J connectivity index is 1.81. The average molecular weight is 459 g/mol. The molecule has 0 aliphatic carbocycles. The minimum Gasteiger partial charge on any atom is -0.301 e. The van der Waals surface area contributed by atoms with Crippen LogP contribution in [0.4, 0.5) is 9.52 Å². The van der Waals surface area contributed by atoms with Gasteiger partial charge in [-0.15, -0.1) is 11.3 Å². The van der Waals surface area contributed by atoms with Crippen molar-refractivity contribution < 1.29 is 9.18 Å². The third-order valence-corrected chi connectivity index (χ3v) is 6.05. The summed E-state index contributed by atoms with van der Waals surface area (Å²) < 4.78 is 15.5. The van der Waals surface area contributed by atoms with E-state index in [2.05, 4.69) is 20.3 Å². The van der Waals surface area contributed by atoms with Crippen molar-refractivity contribution in [2.75, 3.05) is 11.1 Å². The first kappa shape index (κ1) is 20.9. The second-order valence-corrected chi connectivity index (χ2v) is 8.30. The number of carbonyl (C=O) groups is 1. The Labute approximate surface area is 182 Å². The Bertz CT molecular complexity index is 1400. The first-order valence-corrected chi connectivity index (χ1v) is 10.8. The first-order valence-electron chi connectivity index (χ1n) is 8.91. The van der Waals surface area contributed by atoms with E-state index >= 15 is 0 Å². The fourth-order valence-electron chi connectivity index (χ4n) is 2.84. The molecule has 0 radical (unpaired) electrons. The molecule has 0 unspecified atom stereocenters. The maximum absolute atomic E-state index is 13.3. The normalized spacial score (nSPS) is 11.1. The molecular formula is C19H15FN6O3S2. The zero-order chi connectivity index (χ0) is 22.1. The average Bonchev–Trinajstić information content (AvgIpc) is 3.27. The van der Waals surface area contributed by atoms with E-state index in [0.29, 0.717) is 10.7 Å². The Morgan fingerprint density at radius 3 is 2.58 bits per heavy atom. The van der Waals surface area contributed by atoms with Crippen molar-refractivity contribution in [3.63, 3.8) is 0 Å². The number of aromatic nitrogens is 5. The molecule has 3 heterocycles. The number of nitrogens with zero attached hydrogens (tertiary/aromatic N) is 5. The van der Waals surface area contributed by atoms with E-state index in [1.807, 2.05) is 0 Å². The third kappa shape index (κ3) is 4.11. The lowest BCUT2D eigenvalue weighted by atomic mass is 10.2. The van der Waals surface area contributed by atoms with Crippen LogP contribution < -0.4 is 16.6 Å². The zero-order valence-corrected chi connectivity index (χ0v) is 18.0. The van der Waals surface area contributed by atoms with Crippen LogP contribution in [-0.2, 0) is 18.9 Å². The van der Waals surface area contributed by atoms with Crippen LogP contribution in [0.5, 0.6) is 0 Å². The van der Waals surface area contributed by atoms with Crippen LogP contribution >= 0.6 is 23.1 Å². The van der Waals surface area contributed by atoms with Gasteiger partial charge < -0.3 is 5.32 Å². The van der Waals surface area contributed by atoms with Gasteiger partial charge in [-0.2, -0.15) is 0 Å². The van der Waals surface area contributed by atoms with E-state index in [9.17, 15) is 18.8 Å². The van der Waals surface area contributed by atoms with Gasteiger partial charge in [0.15, 0.2) is 16.6 Å². The van der Waals surface area contributed by atoms with Crippen molar-refractivity contribution in [3.8, 4) is 11.4 Å². The van der Waals surface area contributed by atoms with Gasteiger partial charge in [-0.1, -0.05) is 11.8 Å². The molecule has 4 aromatic rings. The zero-order valence-electron chi connectivity index (χ0n) is 16.3. The molecule has 3 aromatic heterocycles. The number of thiazole rings is 1. The Kier molecular flexibility index (Phi) is 5.65. The number of rotatable bonds is 5. The summed E-state index contributed by atoms with van der Waals surface area (Å²) in [5, 5.41) is 5.23. The molecule has 0 aliphatic heterocycles. The molecule has 0 atom stereocenters. The van der Waals surface area contributed by atoms with Gasteiger partial charge in [0, 0.05) is 31.2 Å². The van der Waals surface area contributed by atoms with Gasteiger partial charge in [0.25, 0.3) is 5.56 Å². The molecular weight excluding hydrogens is 443 g/mol. The molecule has 158 valence electrons. The molecule has 9 nitrogen and oxygen atoms in total. The number of hydrogen-bond donors (Lipinski definition) is 1. The second-order valence-electron chi connectivity index (χ2n) is 6.44. The Morgan fingerprint density at radius 2 is 1.90 bits per heavy atom. The highest BCUT2D eigenvalue weighted by atomic mass is 32.2. The minimum atomic E-state index is -0.563. The summed E-state index contributed by atoms with van der Waals surface area (Å²) in [6.45, 7) is 0. The van der Waals surface area contributed by atoms with Crippen LogP contribution in [-0.4, -0.2) is 35.7 Å². The van der Waals surface area contributed by atoms with E-state index in [4.69, 9.17) is 0 Å². The number of hydrogen-bond acceptors (Lipinski definition) is 8. The van der Waals surface area contributed by atoms with Gasteiger partial charge in [0.2, 0.25) is 5.91 Å². The highest BCUT2D eigenvalue weighted by Gasteiger charge is 2.19. The molecule has 1 amide bonds. The number of aryl methyl sites for hydroxylation is 1. The van der Waals surface area contributed by atoms with Gasteiger partial charge in [-0.25, -0.2) is 24.1 Å². The monoisotopic (exact) mass is 458 g/mol. The van der Waals surface area contributed by atoms with Crippen molar-refractivity contribution in [1.82, 2.24) is 24.1 Å². The Morgan fingerprint density at radius 1 is 1.16 bits per heavy atom. The predicted molar refractivity (Wildman–Crippen MR) is 117 cm³/mol. The summed E-state index contributed by atoms with van der Waals surface area (Å²) in [7, 11) is 2.86. The number of fused-ring (bicyclic) bond motifs is 1. The van der Waals surface area contributed by atoms with Crippen molar-refractivity contribution in [3.05, 3.63) is 62.5 Å². The van der Waals surface area contributed by atoms with Crippen LogP contribution in [0.3, 0.4) is 0 Å². The van der Waals surface area contributed by atoms with Crippen LogP contribution in [0, 0.1) is 5.82 Å². The van der Waals surface area contributed by atoms with Crippen molar-refractivity contribution in [2.45, 2.75) is 5.03 Å². The molecule has 31 heavy (non-hydrogen) atoms. The molecule has 1 N–H and O–H groups in total. The van der Waals surface area contributed by atoms with Crippen molar-refractivity contribution in [2.24, 2.45) is 14.1 Å². The lowest BCUT2D eigenvalue weighted by Crippen LogP contribution is -2.37. The van der Waals surface area contributed by atoms with Crippen molar-refractivity contribution in [1.29, 1.82) is 0 Å². The number of nitrogens with one attached hydrogen (secondary N) is 1. The van der Waals surface area contributed by atoms with Gasteiger partial charge in [0.1, 0.15) is 16.2 Å². The second kappa shape index (κ2) is 8.40. The fraction of sp³-hybridized carbons (Fsp3) is 0.158. The van der Waals surface area contributed by atoms with Gasteiger partial charge >= 0.3 is 5.69 Å². The summed E-state index contributed by atoms with van der Waals surface area (Å²) in [5.41, 5.74) is -0.471. The van der Waals surface area contributed by atoms with Crippen LogP contribution in [0.25, 0.3) is 22.4 Å². The third-order valence-electron chi connectivity index (χ3n) is 4.39. The summed E-state index contributed by atoms with van der Waals surface area (Å²) in [4.78, 5) is 50.3. The highest BCUT2D eigenvalue weighted by Crippen LogP contribution is 2.26. The molecule has 0 spiro atoms. The minimum absolute atomic E-state index is 0.0411. The van der Waals surface area contributed by atoms with Crippen LogP contribution in [0.15, 0.2) is 50.5 Å². The molecule has 0 aliphatic rings. The molecule has 4 rings (SSSR count). The van der Waals surface area contributed by atoms with Gasteiger partial charge in [-0.05, 0) is 24.3 Å². The summed E-state index contributed by atoms with van der Waals surface area (Å²) >= 11 is 2.32. The quantitative estimate of drug-likeness (QED) is 0.360. The molecule has 0 saturated heterocycles. The number of thioether (sulfide) groups is 1. The van der Waals surface area contributed by atoms with E-state index < -0.39 is 17.1 Å². The van der Waals surface area contributed by atoms with Gasteiger partial charge in [-0.3, -0.25) is 18.7 Å². The largest absolute Gasteiger partial charge is 0.332 e. The number of amides is 1. The summed E-state index contributed by atoms with van der Waals surface area (Å²) in [6.07, 6.45) is 1.57. The first-order chi connectivity index (χ1) is 14.8. The Hall–Kier alpha value is -3.38. The number of benzene rings is 1. The SMILES string of the molecule is Cn1c(=O)c2c(SCC(=O)Nc3nccs3)nc(-c3ccc(F)cc3)nc2n(C)c1=O. The number of carbonyl (C=O) groups excluding carboxylic acids is 1.